The van der Waals surface area contributed by atoms with Gasteiger partial charge in [0, 0.05) is 16.5 Å². The van der Waals surface area contributed by atoms with Crippen LogP contribution in [0.1, 0.15) is 44.1 Å². The Hall–Kier alpha value is -3.04. The minimum atomic E-state index is 0.274. The second-order valence-electron chi connectivity index (χ2n) is 10.7. The first-order chi connectivity index (χ1) is 15.8. The van der Waals surface area contributed by atoms with E-state index in [1.54, 1.807) is 0 Å². The molecule has 0 amide bonds. The molecular weight excluding hydrogens is 384 g/mol. The first-order valence-corrected chi connectivity index (χ1v) is 12.3. The average Bonchev–Trinajstić information content (AvgIpc) is 2.81. The minimum absolute atomic E-state index is 0.274. The molecule has 4 aliphatic rings. The number of rotatable bonds is 1. The molecule has 32 heavy (non-hydrogen) atoms. The van der Waals surface area contributed by atoms with Gasteiger partial charge in [0.05, 0.1) is 0 Å². The molecule has 0 saturated heterocycles. The second-order valence-corrected chi connectivity index (χ2v) is 10.7. The van der Waals surface area contributed by atoms with E-state index in [0.29, 0.717) is 0 Å². The van der Waals surface area contributed by atoms with Gasteiger partial charge in [0.2, 0.25) is 0 Å². The molecule has 4 aliphatic carbocycles. The van der Waals surface area contributed by atoms with Crippen molar-refractivity contribution in [1.82, 2.24) is 0 Å². The molecule has 4 aromatic rings. The van der Waals surface area contributed by atoms with Crippen LogP contribution in [0.2, 0.25) is 0 Å². The third kappa shape index (κ3) is 2.91. The highest BCUT2D eigenvalue weighted by Crippen LogP contribution is 2.59. The van der Waals surface area contributed by atoms with Gasteiger partial charge in [0.15, 0.2) is 0 Å². The summed E-state index contributed by atoms with van der Waals surface area (Å²) in [6.45, 7) is 0. The highest BCUT2D eigenvalue weighted by atomic mass is 14.5. The van der Waals surface area contributed by atoms with Gasteiger partial charge in [-0.1, -0.05) is 84.6 Å². The van der Waals surface area contributed by atoms with E-state index >= 15 is 0 Å². The Morgan fingerprint density at radius 3 is 1.91 bits per heavy atom. The molecule has 156 valence electrons. The molecule has 4 saturated carbocycles. The molecule has 4 aromatic carbocycles. The van der Waals surface area contributed by atoms with Crippen LogP contribution in [0.25, 0.3) is 32.7 Å². The van der Waals surface area contributed by atoms with E-state index in [1.807, 2.05) is 0 Å². The van der Waals surface area contributed by atoms with Gasteiger partial charge in [0.25, 0.3) is 0 Å². The average molecular weight is 413 g/mol. The van der Waals surface area contributed by atoms with Crippen LogP contribution in [-0.2, 0) is 0 Å². The maximum absolute atomic E-state index is 3.92. The van der Waals surface area contributed by atoms with E-state index < -0.39 is 0 Å². The standard InChI is InChI=1S/C32H28/c1-3-9-28-25(6-1)8-5-11-30(28)31-27(13-12-26-7-2-4-10-29(26)31)14-15-32-19-22-16-23(20-32)18-24(17-22)21-32/h1-13,22-24H,16-21H2. The molecule has 4 bridgehead atoms. The summed E-state index contributed by atoms with van der Waals surface area (Å²) in [5, 5.41) is 5.19. The number of hydrogen-bond donors (Lipinski definition) is 0. The van der Waals surface area contributed by atoms with E-state index in [4.69, 9.17) is 0 Å². The van der Waals surface area contributed by atoms with E-state index in [0.717, 1.165) is 17.8 Å². The van der Waals surface area contributed by atoms with Crippen molar-refractivity contribution in [3.05, 3.63) is 84.4 Å². The lowest BCUT2D eigenvalue weighted by Gasteiger charge is -2.54. The molecule has 0 radical (unpaired) electrons. The van der Waals surface area contributed by atoms with Crippen LogP contribution in [0, 0.1) is 35.0 Å². The summed E-state index contributed by atoms with van der Waals surface area (Å²) in [6, 6.07) is 28.7. The zero-order valence-corrected chi connectivity index (χ0v) is 18.5. The quantitative estimate of drug-likeness (QED) is 0.276. The van der Waals surface area contributed by atoms with Gasteiger partial charge in [-0.2, -0.15) is 0 Å². The Labute approximate surface area is 190 Å². The van der Waals surface area contributed by atoms with Gasteiger partial charge in [-0.3, -0.25) is 0 Å². The molecule has 0 aromatic heterocycles. The molecule has 0 spiro atoms. The third-order valence-corrected chi connectivity index (χ3v) is 8.49. The lowest BCUT2D eigenvalue weighted by Crippen LogP contribution is -2.45. The Kier molecular flexibility index (Phi) is 4.04. The lowest BCUT2D eigenvalue weighted by atomic mass is 9.50. The first-order valence-electron chi connectivity index (χ1n) is 12.3. The van der Waals surface area contributed by atoms with Crippen molar-refractivity contribution < 1.29 is 0 Å². The summed E-state index contributed by atoms with van der Waals surface area (Å²) in [5.74, 6) is 10.5. The predicted octanol–water partition coefficient (Wildman–Crippen LogP) is 8.23. The predicted molar refractivity (Wildman–Crippen MR) is 134 cm³/mol. The molecule has 0 N–H and O–H groups in total. The molecule has 0 atom stereocenters. The number of benzene rings is 4. The molecule has 0 aliphatic heterocycles. The maximum Gasteiger partial charge on any atom is 0.0330 e. The van der Waals surface area contributed by atoms with Crippen molar-refractivity contribution in [2.24, 2.45) is 23.2 Å². The van der Waals surface area contributed by atoms with Crippen molar-refractivity contribution >= 4 is 21.5 Å². The van der Waals surface area contributed by atoms with Crippen LogP contribution in [0.5, 0.6) is 0 Å². The smallest absolute Gasteiger partial charge is 0.0330 e. The van der Waals surface area contributed by atoms with Crippen molar-refractivity contribution in [3.8, 4) is 23.0 Å². The number of fused-ring (bicyclic) bond motifs is 2. The first kappa shape index (κ1) is 18.5. The van der Waals surface area contributed by atoms with Gasteiger partial charge < -0.3 is 0 Å². The van der Waals surface area contributed by atoms with Gasteiger partial charge in [0.1, 0.15) is 0 Å². The van der Waals surface area contributed by atoms with Crippen molar-refractivity contribution in [2.75, 3.05) is 0 Å². The fraction of sp³-hybridized carbons (Fsp3) is 0.312. The Morgan fingerprint density at radius 2 is 1.19 bits per heavy atom. The SMILES string of the molecule is C(#CC12CC3CC(CC(C3)C1)C2)c1ccc2ccccc2c1-c1cccc2ccccc12. The fourth-order valence-electron chi connectivity index (χ4n) is 7.57. The minimum Gasteiger partial charge on any atom is -0.0910 e. The fourth-order valence-corrected chi connectivity index (χ4v) is 7.57. The summed E-state index contributed by atoms with van der Waals surface area (Å²) in [4.78, 5) is 0. The summed E-state index contributed by atoms with van der Waals surface area (Å²) < 4.78 is 0. The highest BCUT2D eigenvalue weighted by Gasteiger charge is 2.50. The van der Waals surface area contributed by atoms with Gasteiger partial charge in [-0.05, 0) is 89.5 Å². The summed E-state index contributed by atoms with van der Waals surface area (Å²) >= 11 is 0. The third-order valence-electron chi connectivity index (χ3n) is 8.49. The van der Waals surface area contributed by atoms with Gasteiger partial charge in [-0.25, -0.2) is 0 Å². The van der Waals surface area contributed by atoms with Crippen LogP contribution in [0.3, 0.4) is 0 Å². The summed E-state index contributed by atoms with van der Waals surface area (Å²) in [7, 11) is 0. The van der Waals surface area contributed by atoms with E-state index in [2.05, 4.69) is 90.7 Å². The highest BCUT2D eigenvalue weighted by molar-refractivity contribution is 6.07. The van der Waals surface area contributed by atoms with Crippen molar-refractivity contribution in [3.63, 3.8) is 0 Å². The molecule has 0 heteroatoms. The van der Waals surface area contributed by atoms with Crippen LogP contribution in [-0.4, -0.2) is 0 Å². The Bertz CT molecular complexity index is 1370. The Balaban J connectivity index is 1.43. The number of hydrogen-bond acceptors (Lipinski definition) is 0. The molecule has 0 nitrogen and oxygen atoms in total. The second kappa shape index (κ2) is 6.98. The molecular formula is C32H28. The largest absolute Gasteiger partial charge is 0.0910 e. The maximum atomic E-state index is 3.92. The van der Waals surface area contributed by atoms with Gasteiger partial charge in [-0.15, -0.1) is 0 Å². The molecule has 8 rings (SSSR count). The zero-order valence-electron chi connectivity index (χ0n) is 18.5. The molecule has 0 heterocycles. The summed E-state index contributed by atoms with van der Waals surface area (Å²) in [6.07, 6.45) is 8.42. The van der Waals surface area contributed by atoms with Gasteiger partial charge >= 0.3 is 0 Å². The van der Waals surface area contributed by atoms with Crippen LogP contribution in [0.15, 0.2) is 78.9 Å². The molecule has 4 fully saturated rings. The van der Waals surface area contributed by atoms with Crippen LogP contribution < -0.4 is 0 Å². The Morgan fingerprint density at radius 1 is 0.594 bits per heavy atom. The summed E-state index contributed by atoms with van der Waals surface area (Å²) in [5.41, 5.74) is 4.07. The normalized spacial score (nSPS) is 28.1. The van der Waals surface area contributed by atoms with E-state index in [1.165, 1.54) is 76.8 Å². The van der Waals surface area contributed by atoms with E-state index in [-0.39, 0.29) is 5.41 Å². The van der Waals surface area contributed by atoms with Crippen molar-refractivity contribution in [1.29, 1.82) is 0 Å². The zero-order chi connectivity index (χ0) is 21.1. The van der Waals surface area contributed by atoms with E-state index in [9.17, 15) is 0 Å². The monoisotopic (exact) mass is 412 g/mol. The lowest BCUT2D eigenvalue weighted by molar-refractivity contribution is -0.0181. The topological polar surface area (TPSA) is 0 Å². The molecule has 0 unspecified atom stereocenters. The van der Waals surface area contributed by atoms with Crippen molar-refractivity contribution in [2.45, 2.75) is 38.5 Å². The van der Waals surface area contributed by atoms with Crippen LogP contribution in [0.4, 0.5) is 0 Å². The van der Waals surface area contributed by atoms with Crippen LogP contribution >= 0.6 is 0 Å².